The van der Waals surface area contributed by atoms with Gasteiger partial charge in [-0.1, -0.05) is 84.9 Å². The fraction of sp³-hybridized carbons (Fsp3) is 0.0357. The monoisotopic (exact) mass is 433 g/mol. The highest BCUT2D eigenvalue weighted by molar-refractivity contribution is 6.07. The minimum atomic E-state index is -0.968. The predicted molar refractivity (Wildman–Crippen MR) is 135 cm³/mol. The van der Waals surface area contributed by atoms with Crippen molar-refractivity contribution in [2.24, 2.45) is 5.73 Å². The lowest BCUT2D eigenvalue weighted by Crippen LogP contribution is -2.10. The molecule has 0 bridgehead atoms. The first kappa shape index (κ1) is 21.9. The minimum absolute atomic E-state index is 0.278. The number of benzene rings is 5. The van der Waals surface area contributed by atoms with E-state index in [0.717, 1.165) is 22.1 Å². The van der Waals surface area contributed by atoms with Gasteiger partial charge in [0.25, 0.3) is 0 Å². The number of carboxylic acids is 1. The van der Waals surface area contributed by atoms with E-state index < -0.39 is 5.97 Å². The summed E-state index contributed by atoms with van der Waals surface area (Å²) in [5.74, 6) is -0.968. The molecule has 3 N–H and O–H groups in total. The average molecular weight is 434 g/mol. The number of fused-ring (bicyclic) bond motifs is 5. The van der Waals surface area contributed by atoms with Crippen molar-refractivity contribution in [1.29, 1.82) is 0 Å². The lowest BCUT2D eigenvalue weighted by Gasteiger charge is -2.02. The highest BCUT2D eigenvalue weighted by Crippen LogP contribution is 2.24. The van der Waals surface area contributed by atoms with Gasteiger partial charge in [-0.3, -0.25) is 4.79 Å². The Morgan fingerprint density at radius 2 is 0.879 bits per heavy atom. The van der Waals surface area contributed by atoms with E-state index in [-0.39, 0.29) is 6.54 Å². The fourth-order valence-corrected chi connectivity index (χ4v) is 3.52. The third-order valence-corrected chi connectivity index (χ3v) is 5.07. The van der Waals surface area contributed by atoms with Crippen LogP contribution in [0.4, 0.5) is 0 Å². The summed E-state index contributed by atoms with van der Waals surface area (Å²) in [5.41, 5.74) is 8.37. The maximum atomic E-state index is 9.24. The molecular weight excluding hydrogens is 410 g/mol. The van der Waals surface area contributed by atoms with Crippen molar-refractivity contribution in [2.45, 2.75) is 0 Å². The van der Waals surface area contributed by atoms with E-state index in [1.807, 2.05) is 48.5 Å². The van der Waals surface area contributed by atoms with Gasteiger partial charge in [-0.15, -0.1) is 0 Å². The molecule has 0 unspecified atom stereocenters. The molecule has 5 nitrogen and oxygen atoms in total. The number of hydrogen-bond donors (Lipinski definition) is 2. The molecule has 0 radical (unpaired) electrons. The Hall–Kier alpha value is -4.35. The summed E-state index contributed by atoms with van der Waals surface area (Å²) in [6.45, 7) is -0.278. The molecule has 0 fully saturated rings. The highest BCUT2D eigenvalue weighted by Gasteiger charge is 1.99. The lowest BCUT2D eigenvalue weighted by atomic mass is 10.0. The van der Waals surface area contributed by atoms with Gasteiger partial charge in [0.05, 0.1) is 28.6 Å². The van der Waals surface area contributed by atoms with E-state index in [9.17, 15) is 4.79 Å². The molecule has 0 saturated carbocycles. The lowest BCUT2D eigenvalue weighted by molar-refractivity contribution is -0.135. The second-order valence-electron chi connectivity index (χ2n) is 7.31. The van der Waals surface area contributed by atoms with Crippen LogP contribution in [0.3, 0.4) is 0 Å². The number of carbonyl (C=O) groups is 1. The molecule has 0 aliphatic heterocycles. The van der Waals surface area contributed by atoms with E-state index in [1.165, 1.54) is 21.5 Å². The molecule has 33 heavy (non-hydrogen) atoms. The van der Waals surface area contributed by atoms with Gasteiger partial charge < -0.3 is 10.8 Å². The first-order valence-corrected chi connectivity index (χ1v) is 10.6. The largest absolute Gasteiger partial charge is 0.480 e. The molecule has 0 aliphatic rings. The Kier molecular flexibility index (Phi) is 6.83. The Balaban J connectivity index is 0.000000132. The van der Waals surface area contributed by atoms with Gasteiger partial charge in [-0.05, 0) is 45.8 Å². The highest BCUT2D eigenvalue weighted by atomic mass is 16.4. The Bertz CT molecular complexity index is 1370. The summed E-state index contributed by atoms with van der Waals surface area (Å²) in [4.78, 5) is 18.3. The number of rotatable bonds is 1. The minimum Gasteiger partial charge on any atom is -0.480 e. The van der Waals surface area contributed by atoms with Gasteiger partial charge in [-0.25, -0.2) is 9.97 Å². The number of hydrogen-bond acceptors (Lipinski definition) is 4. The standard InChI is InChI=1S/C14H10.C12H8N2.C2H5NO2/c1-3-7-13-11(5-1)9-10-12-6-2-4-8-14(12)13;1-2-6-10-9(5-1)13-11-7-3-4-8-12(11)14-10;3-1-2(4)5/h1-10H;1-8H;1,3H2,(H,4,5). The molecule has 1 heterocycles. The Morgan fingerprint density at radius 1 is 0.576 bits per heavy atom. The van der Waals surface area contributed by atoms with Crippen molar-refractivity contribution in [2.75, 3.05) is 6.54 Å². The van der Waals surface area contributed by atoms with Crippen LogP contribution < -0.4 is 5.73 Å². The van der Waals surface area contributed by atoms with Gasteiger partial charge in [0, 0.05) is 0 Å². The van der Waals surface area contributed by atoms with Crippen LogP contribution in [0.15, 0.2) is 109 Å². The average Bonchev–Trinajstić information content (AvgIpc) is 2.88. The van der Waals surface area contributed by atoms with Crippen LogP contribution in [0.2, 0.25) is 0 Å². The molecule has 6 aromatic rings. The van der Waals surface area contributed by atoms with Crippen molar-refractivity contribution in [3.63, 3.8) is 0 Å². The van der Waals surface area contributed by atoms with Crippen LogP contribution in [-0.2, 0) is 4.79 Å². The third-order valence-electron chi connectivity index (χ3n) is 5.07. The molecule has 0 amide bonds. The normalized spacial score (nSPS) is 10.3. The predicted octanol–water partition coefficient (Wildman–Crippen LogP) is 5.81. The van der Waals surface area contributed by atoms with Gasteiger partial charge in [0.1, 0.15) is 0 Å². The second kappa shape index (κ2) is 10.3. The molecule has 0 aliphatic carbocycles. The molecule has 0 atom stereocenters. The van der Waals surface area contributed by atoms with Gasteiger partial charge in [-0.2, -0.15) is 0 Å². The van der Waals surface area contributed by atoms with Crippen LogP contribution in [0, 0.1) is 0 Å². The number of nitrogens with two attached hydrogens (primary N) is 1. The first-order chi connectivity index (χ1) is 16.2. The van der Waals surface area contributed by atoms with Crippen LogP contribution in [0.25, 0.3) is 43.6 Å². The quantitative estimate of drug-likeness (QED) is 0.252. The van der Waals surface area contributed by atoms with Crippen LogP contribution in [0.5, 0.6) is 0 Å². The zero-order valence-electron chi connectivity index (χ0n) is 17.9. The fourth-order valence-electron chi connectivity index (χ4n) is 3.52. The maximum Gasteiger partial charge on any atom is 0.317 e. The molecule has 0 spiro atoms. The maximum absolute atomic E-state index is 9.24. The number of aromatic nitrogens is 2. The Morgan fingerprint density at radius 3 is 1.21 bits per heavy atom. The number of para-hydroxylation sites is 4. The van der Waals surface area contributed by atoms with E-state index in [2.05, 4.69) is 76.4 Å². The van der Waals surface area contributed by atoms with E-state index in [4.69, 9.17) is 5.11 Å². The van der Waals surface area contributed by atoms with Crippen molar-refractivity contribution in [3.05, 3.63) is 109 Å². The van der Waals surface area contributed by atoms with Gasteiger partial charge in [0.15, 0.2) is 0 Å². The molecule has 1 aromatic heterocycles. The first-order valence-electron chi connectivity index (χ1n) is 10.6. The van der Waals surface area contributed by atoms with E-state index >= 15 is 0 Å². The molecule has 162 valence electrons. The number of aliphatic carboxylic acids is 1. The van der Waals surface area contributed by atoms with Gasteiger partial charge >= 0.3 is 5.97 Å². The second-order valence-corrected chi connectivity index (χ2v) is 7.31. The summed E-state index contributed by atoms with van der Waals surface area (Å²) in [5, 5.41) is 12.9. The zero-order chi connectivity index (χ0) is 23.0. The van der Waals surface area contributed by atoms with Crippen LogP contribution >= 0.6 is 0 Å². The van der Waals surface area contributed by atoms with Crippen LogP contribution in [-0.4, -0.2) is 27.6 Å². The summed E-state index contributed by atoms with van der Waals surface area (Å²) in [6, 6.07) is 37.2. The number of nitrogens with zero attached hydrogens (tertiary/aromatic N) is 2. The summed E-state index contributed by atoms with van der Waals surface area (Å²) < 4.78 is 0. The van der Waals surface area contributed by atoms with E-state index in [0.29, 0.717) is 0 Å². The van der Waals surface area contributed by atoms with Crippen molar-refractivity contribution >= 4 is 49.6 Å². The topological polar surface area (TPSA) is 89.1 Å². The van der Waals surface area contributed by atoms with Gasteiger partial charge in [0.2, 0.25) is 0 Å². The summed E-state index contributed by atoms with van der Waals surface area (Å²) in [6.07, 6.45) is 0. The number of carboxylic acid groups (broad SMARTS) is 1. The van der Waals surface area contributed by atoms with E-state index in [1.54, 1.807) is 0 Å². The molecule has 5 heteroatoms. The SMILES string of the molecule is NCC(=O)O.c1ccc2c(c1)ccc1ccccc12.c1ccc2nc3ccccc3nc2c1. The van der Waals surface area contributed by atoms with Crippen molar-refractivity contribution in [1.82, 2.24) is 9.97 Å². The molecular formula is C28H23N3O2. The molecule has 0 saturated heterocycles. The smallest absolute Gasteiger partial charge is 0.317 e. The molecule has 6 rings (SSSR count). The third kappa shape index (κ3) is 5.29. The zero-order valence-corrected chi connectivity index (χ0v) is 17.9. The van der Waals surface area contributed by atoms with Crippen LogP contribution in [0.1, 0.15) is 0 Å². The Labute approximate surface area is 191 Å². The van der Waals surface area contributed by atoms with Crippen molar-refractivity contribution < 1.29 is 9.90 Å². The summed E-state index contributed by atoms with van der Waals surface area (Å²) >= 11 is 0. The molecule has 5 aromatic carbocycles. The van der Waals surface area contributed by atoms with Crippen molar-refractivity contribution in [3.8, 4) is 0 Å². The summed E-state index contributed by atoms with van der Waals surface area (Å²) in [7, 11) is 0.